The van der Waals surface area contributed by atoms with E-state index in [9.17, 15) is 40.5 Å². The lowest BCUT2D eigenvalue weighted by molar-refractivity contribution is -0.303. The maximum Gasteiger partial charge on any atom is 0.249 e. The lowest BCUT2D eigenvalue weighted by atomic mass is 9.98. The van der Waals surface area contributed by atoms with Crippen LogP contribution in [0.4, 0.5) is 0 Å². The molecule has 0 aromatic rings. The molecule has 0 aromatic carbocycles. The number of unbranched alkanes of at least 4 members (excludes halogenated alkanes) is 28. The second-order valence-electron chi connectivity index (χ2n) is 19.3. The van der Waals surface area contributed by atoms with Crippen molar-refractivity contribution in [3.63, 3.8) is 0 Å². The third kappa shape index (κ3) is 33.0. The Hall–Kier alpha value is -1.67. The van der Waals surface area contributed by atoms with E-state index in [0.717, 1.165) is 44.9 Å². The van der Waals surface area contributed by atoms with Crippen LogP contribution in [-0.4, -0.2) is 110 Å². The minimum absolute atomic E-state index is 0.242. The largest absolute Gasteiger partial charge is 0.394 e. The summed E-state index contributed by atoms with van der Waals surface area (Å²) < 4.78 is 11.1. The Balaban J connectivity index is 2.32. The molecule has 1 saturated heterocycles. The van der Waals surface area contributed by atoms with Crippen LogP contribution in [0.5, 0.6) is 0 Å². The van der Waals surface area contributed by atoms with Crippen LogP contribution >= 0.6 is 0 Å². The van der Waals surface area contributed by atoms with E-state index in [1.54, 1.807) is 0 Å². The standard InChI is InChI=1S/C55H103NO10/c1-3-5-7-9-11-13-15-16-17-18-19-20-21-22-23-24-25-26-27-28-29-30-31-33-34-36-38-40-42-47(58)50(60)46(45-65-55-53(63)52(62)51(61)49(44-57)66-55)56-54(64)48(59)43-41-39-37-35-32-14-12-10-8-6-4-2/h25-26,29-30,34,36,46-53,55,57-63H,3-24,27-28,31-33,35,37-45H2,1-2H3,(H,56,64)/b26-25+,30-29+,36-34+. The highest BCUT2D eigenvalue weighted by atomic mass is 16.7. The minimum Gasteiger partial charge on any atom is -0.394 e. The molecule has 1 amide bonds. The summed E-state index contributed by atoms with van der Waals surface area (Å²) in [4.78, 5) is 13.1. The molecule has 0 aliphatic carbocycles. The van der Waals surface area contributed by atoms with Crippen molar-refractivity contribution in [2.75, 3.05) is 13.2 Å². The average Bonchev–Trinajstić information content (AvgIpc) is 3.32. The highest BCUT2D eigenvalue weighted by Crippen LogP contribution is 2.23. The van der Waals surface area contributed by atoms with Crippen LogP contribution < -0.4 is 5.32 Å². The van der Waals surface area contributed by atoms with Gasteiger partial charge in [-0.3, -0.25) is 4.79 Å². The van der Waals surface area contributed by atoms with Gasteiger partial charge in [-0.15, -0.1) is 0 Å². The van der Waals surface area contributed by atoms with Gasteiger partial charge < -0.3 is 50.5 Å². The first-order chi connectivity index (χ1) is 32.2. The summed E-state index contributed by atoms with van der Waals surface area (Å²) in [6.07, 6.45) is 42.2. The van der Waals surface area contributed by atoms with Gasteiger partial charge in [-0.2, -0.15) is 0 Å². The monoisotopic (exact) mass is 938 g/mol. The number of nitrogens with one attached hydrogen (secondary N) is 1. The molecule has 66 heavy (non-hydrogen) atoms. The van der Waals surface area contributed by atoms with Crippen molar-refractivity contribution in [1.29, 1.82) is 0 Å². The summed E-state index contributed by atoms with van der Waals surface area (Å²) in [6, 6.07) is -1.19. The van der Waals surface area contributed by atoms with Gasteiger partial charge in [0.1, 0.15) is 36.6 Å². The average molecular weight is 938 g/mol. The first-order valence-electron chi connectivity index (χ1n) is 27.4. The van der Waals surface area contributed by atoms with Gasteiger partial charge in [0.2, 0.25) is 5.91 Å². The number of carbonyl (C=O) groups is 1. The Bertz CT molecular complexity index is 1170. The molecule has 8 N–H and O–H groups in total. The van der Waals surface area contributed by atoms with Crippen LogP contribution in [0.15, 0.2) is 36.5 Å². The van der Waals surface area contributed by atoms with Gasteiger partial charge in [-0.05, 0) is 64.2 Å². The second-order valence-corrected chi connectivity index (χ2v) is 19.3. The second kappa shape index (κ2) is 44.5. The molecule has 0 radical (unpaired) electrons. The van der Waals surface area contributed by atoms with E-state index < -0.39 is 74.2 Å². The lowest BCUT2D eigenvalue weighted by Crippen LogP contribution is -2.60. The van der Waals surface area contributed by atoms with Gasteiger partial charge in [0.05, 0.1) is 25.4 Å². The van der Waals surface area contributed by atoms with E-state index in [-0.39, 0.29) is 12.8 Å². The molecule has 1 heterocycles. The Morgan fingerprint density at radius 3 is 1.35 bits per heavy atom. The van der Waals surface area contributed by atoms with Gasteiger partial charge in [-0.25, -0.2) is 0 Å². The van der Waals surface area contributed by atoms with Crippen LogP contribution in [0, 0.1) is 0 Å². The van der Waals surface area contributed by atoms with E-state index in [0.29, 0.717) is 19.3 Å². The van der Waals surface area contributed by atoms with Crippen LogP contribution in [0.3, 0.4) is 0 Å². The van der Waals surface area contributed by atoms with Crippen molar-refractivity contribution in [2.45, 2.75) is 294 Å². The predicted molar refractivity (Wildman–Crippen MR) is 270 cm³/mol. The van der Waals surface area contributed by atoms with Crippen molar-refractivity contribution in [1.82, 2.24) is 5.32 Å². The number of allylic oxidation sites excluding steroid dienone is 6. The summed E-state index contributed by atoms with van der Waals surface area (Å²) >= 11 is 0. The van der Waals surface area contributed by atoms with Crippen molar-refractivity contribution in [3.8, 4) is 0 Å². The number of aliphatic hydroxyl groups is 7. The van der Waals surface area contributed by atoms with E-state index in [1.165, 1.54) is 148 Å². The van der Waals surface area contributed by atoms with Gasteiger partial charge in [0.15, 0.2) is 6.29 Å². The van der Waals surface area contributed by atoms with E-state index in [4.69, 9.17) is 9.47 Å². The van der Waals surface area contributed by atoms with Gasteiger partial charge >= 0.3 is 0 Å². The summed E-state index contributed by atoms with van der Waals surface area (Å²) in [5.41, 5.74) is 0. The topological polar surface area (TPSA) is 189 Å². The van der Waals surface area contributed by atoms with E-state index >= 15 is 0 Å². The van der Waals surface area contributed by atoms with Crippen molar-refractivity contribution in [3.05, 3.63) is 36.5 Å². The third-order valence-electron chi connectivity index (χ3n) is 13.2. The molecule has 1 rings (SSSR count). The van der Waals surface area contributed by atoms with Crippen LogP contribution in [0.25, 0.3) is 0 Å². The first-order valence-corrected chi connectivity index (χ1v) is 27.4. The minimum atomic E-state index is -1.67. The van der Waals surface area contributed by atoms with Gasteiger partial charge in [0.25, 0.3) is 0 Å². The molecule has 1 aliphatic heterocycles. The molecule has 1 aliphatic rings. The van der Waals surface area contributed by atoms with Crippen LogP contribution in [-0.2, 0) is 14.3 Å². The predicted octanol–water partition coefficient (Wildman–Crippen LogP) is 10.7. The fraction of sp³-hybridized carbons (Fsp3) is 0.873. The zero-order valence-electron chi connectivity index (χ0n) is 42.2. The zero-order valence-corrected chi connectivity index (χ0v) is 42.2. The molecule has 9 atom stereocenters. The molecule has 0 saturated carbocycles. The highest BCUT2D eigenvalue weighted by molar-refractivity contribution is 5.80. The Labute approximate surface area is 403 Å². The molecular weight excluding hydrogens is 835 g/mol. The number of carbonyl (C=O) groups excluding carboxylic acids is 1. The lowest BCUT2D eigenvalue weighted by Gasteiger charge is -2.40. The molecule has 388 valence electrons. The zero-order chi connectivity index (χ0) is 48.3. The number of hydrogen-bond donors (Lipinski definition) is 8. The van der Waals surface area contributed by atoms with Crippen molar-refractivity contribution < 1.29 is 50.0 Å². The number of rotatable bonds is 46. The van der Waals surface area contributed by atoms with Crippen molar-refractivity contribution in [2.24, 2.45) is 0 Å². The molecule has 11 nitrogen and oxygen atoms in total. The molecular formula is C55H103NO10. The van der Waals surface area contributed by atoms with Crippen LogP contribution in [0.1, 0.15) is 239 Å². The molecule has 9 unspecified atom stereocenters. The smallest absolute Gasteiger partial charge is 0.249 e. The Morgan fingerprint density at radius 2 is 0.909 bits per heavy atom. The molecule has 0 spiro atoms. The SMILES string of the molecule is CCCCCCCCCCCCCCCCC/C=C/CC/C=C/CC/C=C/CCCC(O)C(O)C(COC1OC(CO)C(O)C(O)C1O)NC(=O)C(O)CCCCCCCCCCCCC. The number of amides is 1. The number of ether oxygens (including phenoxy) is 2. The number of aliphatic hydroxyl groups excluding tert-OH is 7. The summed E-state index contributed by atoms with van der Waals surface area (Å²) in [5, 5.41) is 75.8. The van der Waals surface area contributed by atoms with Gasteiger partial charge in [-0.1, -0.05) is 211 Å². The highest BCUT2D eigenvalue weighted by Gasteiger charge is 2.44. The summed E-state index contributed by atoms with van der Waals surface area (Å²) in [5.74, 6) is -0.713. The van der Waals surface area contributed by atoms with E-state index in [2.05, 4.69) is 55.6 Å². The fourth-order valence-electron chi connectivity index (χ4n) is 8.65. The number of hydrogen-bond acceptors (Lipinski definition) is 10. The first kappa shape index (κ1) is 62.3. The molecule has 11 heteroatoms. The van der Waals surface area contributed by atoms with Crippen LogP contribution in [0.2, 0.25) is 0 Å². The summed E-state index contributed by atoms with van der Waals surface area (Å²) in [6.45, 7) is 3.42. The Morgan fingerprint density at radius 1 is 0.515 bits per heavy atom. The maximum atomic E-state index is 13.1. The normalized spacial score (nSPS) is 21.0. The Kier molecular flexibility index (Phi) is 42.1. The molecule has 0 aromatic heterocycles. The molecule has 1 fully saturated rings. The van der Waals surface area contributed by atoms with Gasteiger partial charge in [0, 0.05) is 0 Å². The summed E-state index contributed by atoms with van der Waals surface area (Å²) in [7, 11) is 0. The molecule has 0 bridgehead atoms. The van der Waals surface area contributed by atoms with Crippen molar-refractivity contribution >= 4 is 5.91 Å². The third-order valence-corrected chi connectivity index (χ3v) is 13.2. The van der Waals surface area contributed by atoms with E-state index in [1.807, 2.05) is 0 Å². The quantitative estimate of drug-likeness (QED) is 0.0215. The maximum absolute atomic E-state index is 13.1. The fourth-order valence-corrected chi connectivity index (χ4v) is 8.65.